The molecule has 3 rings (SSSR count). The molecule has 0 atom stereocenters. The third kappa shape index (κ3) is 2.86. The largest absolute Gasteiger partial charge is 0.377 e. The standard InChI is InChI=1S/C15H18ClN3O/c16-7-10-20-13-5-8-19(9-6-13)15-14-4-2-1-3-12(14)11-17-18-15/h1-4,11,13H,5-10H2. The minimum Gasteiger partial charge on any atom is -0.377 e. The molecule has 106 valence electrons. The second-order valence-corrected chi connectivity index (χ2v) is 5.38. The van der Waals surface area contributed by atoms with Crippen molar-refractivity contribution in [1.82, 2.24) is 10.2 Å². The average Bonchev–Trinajstić information content (AvgIpc) is 2.53. The van der Waals surface area contributed by atoms with Gasteiger partial charge in [-0.15, -0.1) is 16.7 Å². The maximum atomic E-state index is 5.71. The van der Waals surface area contributed by atoms with E-state index >= 15 is 0 Å². The second-order valence-electron chi connectivity index (χ2n) is 5.00. The van der Waals surface area contributed by atoms with Crippen molar-refractivity contribution in [2.45, 2.75) is 18.9 Å². The molecule has 1 fully saturated rings. The molecular weight excluding hydrogens is 274 g/mol. The Morgan fingerprint density at radius 1 is 1.25 bits per heavy atom. The normalized spacial score (nSPS) is 16.8. The highest BCUT2D eigenvalue weighted by molar-refractivity contribution is 6.17. The van der Waals surface area contributed by atoms with Crippen LogP contribution in [0.3, 0.4) is 0 Å². The van der Waals surface area contributed by atoms with Crippen molar-refractivity contribution in [2.75, 3.05) is 30.5 Å². The van der Waals surface area contributed by atoms with E-state index in [4.69, 9.17) is 16.3 Å². The molecule has 1 aromatic heterocycles. The Hall–Kier alpha value is -1.39. The van der Waals surface area contributed by atoms with Crippen molar-refractivity contribution in [2.24, 2.45) is 0 Å². The topological polar surface area (TPSA) is 38.2 Å². The molecule has 0 bridgehead atoms. The van der Waals surface area contributed by atoms with Crippen LogP contribution in [0.4, 0.5) is 5.82 Å². The maximum absolute atomic E-state index is 5.71. The highest BCUT2D eigenvalue weighted by Gasteiger charge is 2.21. The summed E-state index contributed by atoms with van der Waals surface area (Å²) in [5, 5.41) is 10.8. The highest BCUT2D eigenvalue weighted by Crippen LogP contribution is 2.26. The number of ether oxygens (including phenoxy) is 1. The molecule has 0 aliphatic carbocycles. The van der Waals surface area contributed by atoms with E-state index in [2.05, 4.69) is 27.2 Å². The number of rotatable bonds is 4. The van der Waals surface area contributed by atoms with Gasteiger partial charge < -0.3 is 9.64 Å². The van der Waals surface area contributed by atoms with E-state index in [0.717, 1.165) is 37.1 Å². The molecule has 0 spiro atoms. The van der Waals surface area contributed by atoms with Crippen molar-refractivity contribution < 1.29 is 4.74 Å². The average molecular weight is 292 g/mol. The number of nitrogens with zero attached hydrogens (tertiary/aromatic N) is 3. The molecule has 0 unspecified atom stereocenters. The van der Waals surface area contributed by atoms with E-state index in [9.17, 15) is 0 Å². The number of halogens is 1. The fraction of sp³-hybridized carbons (Fsp3) is 0.467. The number of benzene rings is 1. The Bertz CT molecular complexity index is 565. The van der Waals surface area contributed by atoms with Crippen LogP contribution >= 0.6 is 11.6 Å². The van der Waals surface area contributed by atoms with E-state index in [-0.39, 0.29) is 0 Å². The summed E-state index contributed by atoms with van der Waals surface area (Å²) in [5.41, 5.74) is 0. The lowest BCUT2D eigenvalue weighted by molar-refractivity contribution is 0.0471. The molecule has 1 saturated heterocycles. The second kappa shape index (κ2) is 6.37. The first-order valence-electron chi connectivity index (χ1n) is 7.01. The zero-order valence-corrected chi connectivity index (χ0v) is 12.1. The van der Waals surface area contributed by atoms with Crippen molar-refractivity contribution in [1.29, 1.82) is 0 Å². The van der Waals surface area contributed by atoms with Gasteiger partial charge in [-0.25, -0.2) is 0 Å². The van der Waals surface area contributed by atoms with Crippen LogP contribution in [0.25, 0.3) is 10.8 Å². The number of hydrogen-bond acceptors (Lipinski definition) is 4. The number of hydrogen-bond donors (Lipinski definition) is 0. The molecule has 20 heavy (non-hydrogen) atoms. The number of piperidine rings is 1. The smallest absolute Gasteiger partial charge is 0.159 e. The quantitative estimate of drug-likeness (QED) is 0.812. The van der Waals surface area contributed by atoms with Gasteiger partial charge in [0.15, 0.2) is 5.82 Å². The molecule has 5 heteroatoms. The summed E-state index contributed by atoms with van der Waals surface area (Å²) in [6.45, 7) is 2.55. The Balaban J connectivity index is 1.74. The van der Waals surface area contributed by atoms with Gasteiger partial charge in [-0.2, -0.15) is 5.10 Å². The van der Waals surface area contributed by atoms with Gasteiger partial charge in [-0.05, 0) is 12.8 Å². The lowest BCUT2D eigenvalue weighted by atomic mass is 10.1. The minimum absolute atomic E-state index is 0.327. The first-order chi connectivity index (χ1) is 9.88. The van der Waals surface area contributed by atoms with Crippen LogP contribution < -0.4 is 4.90 Å². The lowest BCUT2D eigenvalue weighted by Gasteiger charge is -2.32. The summed E-state index contributed by atoms with van der Waals surface area (Å²) in [4.78, 5) is 2.30. The fourth-order valence-corrected chi connectivity index (χ4v) is 2.78. The van der Waals surface area contributed by atoms with Crippen LogP contribution in [0.5, 0.6) is 0 Å². The number of aromatic nitrogens is 2. The van der Waals surface area contributed by atoms with Gasteiger partial charge in [-0.1, -0.05) is 24.3 Å². The first kappa shape index (κ1) is 13.6. The number of anilines is 1. The molecule has 2 aromatic rings. The lowest BCUT2D eigenvalue weighted by Crippen LogP contribution is -2.38. The molecule has 0 saturated carbocycles. The Morgan fingerprint density at radius 3 is 2.85 bits per heavy atom. The summed E-state index contributed by atoms with van der Waals surface area (Å²) in [6, 6.07) is 8.25. The molecule has 0 N–H and O–H groups in total. The van der Waals surface area contributed by atoms with Crippen molar-refractivity contribution in [3.05, 3.63) is 30.5 Å². The van der Waals surface area contributed by atoms with Crippen molar-refractivity contribution in [3.8, 4) is 0 Å². The molecule has 4 nitrogen and oxygen atoms in total. The van der Waals surface area contributed by atoms with Crippen LogP contribution in [0.1, 0.15) is 12.8 Å². The third-order valence-corrected chi connectivity index (χ3v) is 3.88. The van der Waals surface area contributed by atoms with Crippen LogP contribution in [0, 0.1) is 0 Å². The highest BCUT2D eigenvalue weighted by atomic mass is 35.5. The fourth-order valence-electron chi connectivity index (χ4n) is 2.69. The predicted octanol–water partition coefficient (Wildman–Crippen LogP) is 2.85. The van der Waals surface area contributed by atoms with E-state index < -0.39 is 0 Å². The van der Waals surface area contributed by atoms with Gasteiger partial charge in [0.25, 0.3) is 0 Å². The van der Waals surface area contributed by atoms with Gasteiger partial charge in [0.1, 0.15) is 0 Å². The van der Waals surface area contributed by atoms with E-state index in [1.165, 1.54) is 5.39 Å². The SMILES string of the molecule is ClCCOC1CCN(c2nncc3ccccc23)CC1. The molecule has 0 amide bonds. The van der Waals surface area contributed by atoms with Crippen molar-refractivity contribution in [3.63, 3.8) is 0 Å². The van der Waals surface area contributed by atoms with E-state index in [1.54, 1.807) is 0 Å². The minimum atomic E-state index is 0.327. The number of alkyl halides is 1. The van der Waals surface area contributed by atoms with Crippen molar-refractivity contribution >= 4 is 28.2 Å². The molecule has 1 aromatic carbocycles. The van der Waals surface area contributed by atoms with Crippen LogP contribution in [-0.4, -0.2) is 41.9 Å². The predicted molar refractivity (Wildman–Crippen MR) is 81.4 cm³/mol. The Labute approximate surface area is 123 Å². The zero-order chi connectivity index (χ0) is 13.8. The molecule has 0 radical (unpaired) electrons. The molecule has 1 aliphatic rings. The monoisotopic (exact) mass is 291 g/mol. The number of fused-ring (bicyclic) bond motifs is 1. The van der Waals surface area contributed by atoms with E-state index in [0.29, 0.717) is 18.6 Å². The summed E-state index contributed by atoms with van der Waals surface area (Å²) >= 11 is 5.66. The summed E-state index contributed by atoms with van der Waals surface area (Å²) < 4.78 is 5.71. The molecule has 1 aliphatic heterocycles. The molecule has 2 heterocycles. The van der Waals surface area contributed by atoms with Crippen LogP contribution in [0.2, 0.25) is 0 Å². The first-order valence-corrected chi connectivity index (χ1v) is 7.55. The Kier molecular flexibility index (Phi) is 4.33. The van der Waals surface area contributed by atoms with Crippen LogP contribution in [-0.2, 0) is 4.74 Å². The van der Waals surface area contributed by atoms with Gasteiger partial charge in [-0.3, -0.25) is 0 Å². The summed E-state index contributed by atoms with van der Waals surface area (Å²) in [7, 11) is 0. The van der Waals surface area contributed by atoms with Crippen LogP contribution in [0.15, 0.2) is 30.5 Å². The molecular formula is C15H18ClN3O. The zero-order valence-electron chi connectivity index (χ0n) is 11.3. The van der Waals surface area contributed by atoms with Gasteiger partial charge >= 0.3 is 0 Å². The Morgan fingerprint density at radius 2 is 2.05 bits per heavy atom. The summed E-state index contributed by atoms with van der Waals surface area (Å²) in [5.74, 6) is 1.55. The van der Waals surface area contributed by atoms with Gasteiger partial charge in [0.05, 0.1) is 18.9 Å². The van der Waals surface area contributed by atoms with Gasteiger partial charge in [0.2, 0.25) is 0 Å². The van der Waals surface area contributed by atoms with E-state index in [1.807, 2.05) is 18.3 Å². The third-order valence-electron chi connectivity index (χ3n) is 3.72. The van der Waals surface area contributed by atoms with Gasteiger partial charge in [0, 0.05) is 29.7 Å². The summed E-state index contributed by atoms with van der Waals surface area (Å²) in [6.07, 6.45) is 4.17. The maximum Gasteiger partial charge on any atom is 0.159 e.